The van der Waals surface area contributed by atoms with Crippen LogP contribution in [0.4, 0.5) is 5.69 Å². The van der Waals surface area contributed by atoms with E-state index < -0.39 is 0 Å². The van der Waals surface area contributed by atoms with Gasteiger partial charge >= 0.3 is 0 Å². The zero-order valence-electron chi connectivity index (χ0n) is 10.9. The molecule has 0 saturated carbocycles. The number of fused-ring (bicyclic) bond motifs is 1. The fourth-order valence-electron chi connectivity index (χ4n) is 2.18. The summed E-state index contributed by atoms with van der Waals surface area (Å²) in [7, 11) is 1.76. The summed E-state index contributed by atoms with van der Waals surface area (Å²) in [6.45, 7) is 0.270. The van der Waals surface area contributed by atoms with Crippen molar-refractivity contribution in [3.05, 3.63) is 41.7 Å². The minimum absolute atomic E-state index is 0.0201. The minimum atomic E-state index is -0.240. The van der Waals surface area contributed by atoms with Crippen LogP contribution in [0.15, 0.2) is 30.5 Å². The fourth-order valence-corrected chi connectivity index (χ4v) is 2.18. The third-order valence-corrected chi connectivity index (χ3v) is 3.11. The first-order valence-corrected chi connectivity index (χ1v) is 6.18. The largest absolute Gasteiger partial charge is 0.343 e. The molecule has 0 atom stereocenters. The molecule has 0 unspecified atom stereocenters. The molecule has 2 aromatic rings. The van der Waals surface area contributed by atoms with Gasteiger partial charge in [0.1, 0.15) is 5.69 Å². The van der Waals surface area contributed by atoms with Crippen LogP contribution in [0.25, 0.3) is 0 Å². The number of amides is 2. The van der Waals surface area contributed by atoms with Crippen molar-refractivity contribution in [1.82, 2.24) is 20.3 Å². The molecular formula is C13H13N5O2. The predicted octanol–water partition coefficient (Wildman–Crippen LogP) is 0.0917. The van der Waals surface area contributed by atoms with Gasteiger partial charge in [-0.15, -0.1) is 5.10 Å². The Balaban J connectivity index is 2.01. The first-order valence-electron chi connectivity index (χ1n) is 6.18. The second-order valence-corrected chi connectivity index (χ2v) is 4.56. The summed E-state index contributed by atoms with van der Waals surface area (Å²) in [6, 6.07) is 7.03. The van der Waals surface area contributed by atoms with Gasteiger partial charge in [-0.25, -0.2) is 0 Å². The normalized spacial score (nSPS) is 14.8. The van der Waals surface area contributed by atoms with Gasteiger partial charge < -0.3 is 10.2 Å². The Hall–Kier alpha value is -2.70. The molecule has 3 rings (SSSR count). The lowest BCUT2D eigenvalue weighted by Gasteiger charge is -2.20. The summed E-state index contributed by atoms with van der Waals surface area (Å²) < 4.78 is 1.58. The van der Waals surface area contributed by atoms with Crippen LogP contribution in [0, 0.1) is 0 Å². The molecule has 0 fully saturated rings. The van der Waals surface area contributed by atoms with Crippen molar-refractivity contribution in [1.29, 1.82) is 0 Å². The number of hydrogen-bond donors (Lipinski definition) is 1. The van der Waals surface area contributed by atoms with E-state index >= 15 is 0 Å². The van der Waals surface area contributed by atoms with E-state index in [4.69, 9.17) is 0 Å². The van der Waals surface area contributed by atoms with Crippen LogP contribution in [0.3, 0.4) is 0 Å². The lowest BCUT2D eigenvalue weighted by atomic mass is 10.1. The summed E-state index contributed by atoms with van der Waals surface area (Å²) in [5.74, 6) is -0.412. The van der Waals surface area contributed by atoms with Crippen molar-refractivity contribution in [2.45, 2.75) is 6.54 Å². The summed E-state index contributed by atoms with van der Waals surface area (Å²) >= 11 is 0. The van der Waals surface area contributed by atoms with Gasteiger partial charge in [0.05, 0.1) is 24.3 Å². The van der Waals surface area contributed by atoms with Crippen molar-refractivity contribution in [3.8, 4) is 0 Å². The summed E-state index contributed by atoms with van der Waals surface area (Å²) in [4.78, 5) is 25.7. The third kappa shape index (κ3) is 2.13. The van der Waals surface area contributed by atoms with E-state index in [1.807, 2.05) is 0 Å². The highest BCUT2D eigenvalue weighted by atomic mass is 16.2. The Bertz CT molecular complexity index is 679. The highest BCUT2D eigenvalue weighted by Gasteiger charge is 2.26. The fraction of sp³-hybridized carbons (Fsp3) is 0.231. The lowest BCUT2D eigenvalue weighted by molar-refractivity contribution is -0.117. The predicted molar refractivity (Wildman–Crippen MR) is 71.0 cm³/mol. The van der Waals surface area contributed by atoms with Crippen molar-refractivity contribution in [2.75, 3.05) is 11.4 Å². The Morgan fingerprint density at radius 1 is 1.30 bits per heavy atom. The van der Waals surface area contributed by atoms with Crippen LogP contribution in [-0.4, -0.2) is 33.4 Å². The molecule has 1 aliphatic rings. The summed E-state index contributed by atoms with van der Waals surface area (Å²) in [5, 5.41) is 10.4. The zero-order chi connectivity index (χ0) is 14.1. The van der Waals surface area contributed by atoms with Crippen molar-refractivity contribution >= 4 is 17.5 Å². The smallest absolute Gasteiger partial charge is 0.253 e. The Morgan fingerprint density at radius 3 is 2.85 bits per heavy atom. The quantitative estimate of drug-likeness (QED) is 0.839. The van der Waals surface area contributed by atoms with Gasteiger partial charge in [-0.1, -0.05) is 17.3 Å². The molecule has 20 heavy (non-hydrogen) atoms. The first kappa shape index (κ1) is 12.3. The second-order valence-electron chi connectivity index (χ2n) is 4.56. The second kappa shape index (κ2) is 4.76. The van der Waals surface area contributed by atoms with Crippen LogP contribution in [-0.2, 0) is 18.4 Å². The van der Waals surface area contributed by atoms with E-state index in [0.29, 0.717) is 23.5 Å². The van der Waals surface area contributed by atoms with E-state index in [2.05, 4.69) is 15.6 Å². The number of para-hydroxylation sites is 1. The Kier molecular flexibility index (Phi) is 2.94. The molecule has 2 amide bonds. The van der Waals surface area contributed by atoms with E-state index in [-0.39, 0.29) is 18.4 Å². The molecule has 7 nitrogen and oxygen atoms in total. The first-order chi connectivity index (χ1) is 9.65. The number of nitrogens with one attached hydrogen (secondary N) is 1. The molecule has 0 aliphatic carbocycles. The van der Waals surface area contributed by atoms with Crippen LogP contribution in [0.2, 0.25) is 0 Å². The molecule has 1 aromatic carbocycles. The maximum absolute atomic E-state index is 12.2. The Labute approximate surface area is 115 Å². The standard InChI is InChI=1S/C13H13N5O2/c1-17-7-9(15-16-17)8-18-11-5-3-2-4-10(11)13(20)14-6-12(18)19/h2-5,7H,6,8H2,1H3,(H,14,20). The minimum Gasteiger partial charge on any atom is -0.343 e. The van der Waals surface area contributed by atoms with Gasteiger partial charge in [0, 0.05) is 13.2 Å². The highest BCUT2D eigenvalue weighted by molar-refractivity contribution is 6.09. The Morgan fingerprint density at radius 2 is 2.10 bits per heavy atom. The molecule has 0 bridgehead atoms. The molecule has 7 heteroatoms. The summed E-state index contributed by atoms with van der Waals surface area (Å²) in [5.41, 5.74) is 1.75. The van der Waals surface area contributed by atoms with Gasteiger partial charge in [0.25, 0.3) is 5.91 Å². The van der Waals surface area contributed by atoms with E-state index in [1.54, 1.807) is 47.1 Å². The molecule has 0 saturated heterocycles. The van der Waals surface area contributed by atoms with Crippen LogP contribution in [0.1, 0.15) is 16.1 Å². The number of aromatic nitrogens is 3. The zero-order valence-corrected chi connectivity index (χ0v) is 10.9. The molecule has 1 N–H and O–H groups in total. The van der Waals surface area contributed by atoms with Gasteiger partial charge in [-0.3, -0.25) is 14.3 Å². The molecule has 1 aromatic heterocycles. The highest BCUT2D eigenvalue weighted by Crippen LogP contribution is 2.23. The van der Waals surface area contributed by atoms with Gasteiger partial charge in [-0.05, 0) is 12.1 Å². The number of anilines is 1. The number of aryl methyl sites for hydroxylation is 1. The number of carbonyl (C=O) groups excluding carboxylic acids is 2. The number of benzene rings is 1. The van der Waals surface area contributed by atoms with E-state index in [0.717, 1.165) is 0 Å². The molecule has 1 aliphatic heterocycles. The SMILES string of the molecule is Cn1cc(CN2C(=O)CNC(=O)c3ccccc32)nn1. The van der Waals surface area contributed by atoms with Crippen LogP contribution >= 0.6 is 0 Å². The lowest BCUT2D eigenvalue weighted by Crippen LogP contribution is -2.36. The van der Waals surface area contributed by atoms with Gasteiger partial charge in [0.2, 0.25) is 5.91 Å². The average Bonchev–Trinajstić information content (AvgIpc) is 2.82. The third-order valence-electron chi connectivity index (χ3n) is 3.11. The molecule has 2 heterocycles. The average molecular weight is 271 g/mol. The van der Waals surface area contributed by atoms with Crippen molar-refractivity contribution in [2.24, 2.45) is 7.05 Å². The maximum atomic E-state index is 12.2. The van der Waals surface area contributed by atoms with Crippen molar-refractivity contribution < 1.29 is 9.59 Å². The van der Waals surface area contributed by atoms with E-state index in [1.165, 1.54) is 0 Å². The van der Waals surface area contributed by atoms with Crippen LogP contribution < -0.4 is 10.2 Å². The molecule has 102 valence electrons. The number of rotatable bonds is 2. The van der Waals surface area contributed by atoms with Crippen LogP contribution in [0.5, 0.6) is 0 Å². The summed E-state index contributed by atoms with van der Waals surface area (Å²) in [6.07, 6.45) is 1.75. The van der Waals surface area contributed by atoms with Gasteiger partial charge in [-0.2, -0.15) is 0 Å². The topological polar surface area (TPSA) is 80.1 Å². The van der Waals surface area contributed by atoms with E-state index in [9.17, 15) is 9.59 Å². The molecule has 0 spiro atoms. The molecular weight excluding hydrogens is 258 g/mol. The number of hydrogen-bond acceptors (Lipinski definition) is 4. The maximum Gasteiger partial charge on any atom is 0.253 e. The van der Waals surface area contributed by atoms with Crippen molar-refractivity contribution in [3.63, 3.8) is 0 Å². The monoisotopic (exact) mass is 271 g/mol. The number of carbonyl (C=O) groups is 2. The molecule has 0 radical (unpaired) electrons. The number of nitrogens with zero attached hydrogens (tertiary/aromatic N) is 4. The van der Waals surface area contributed by atoms with Gasteiger partial charge in [0.15, 0.2) is 0 Å².